The lowest BCUT2D eigenvalue weighted by Gasteiger charge is -2.42. The van der Waals surface area contributed by atoms with Crippen LogP contribution in [0.3, 0.4) is 0 Å². The third-order valence-electron chi connectivity index (χ3n) is 6.63. The van der Waals surface area contributed by atoms with Gasteiger partial charge in [0.2, 0.25) is 17.7 Å². The van der Waals surface area contributed by atoms with Crippen LogP contribution < -0.4 is 10.1 Å². The van der Waals surface area contributed by atoms with Crippen LogP contribution >= 0.6 is 0 Å². The van der Waals surface area contributed by atoms with Crippen LogP contribution in [-0.2, 0) is 38.8 Å². The molecule has 0 bridgehead atoms. The Kier molecular flexibility index (Phi) is 6.34. The molecule has 0 aromatic heterocycles. The summed E-state index contributed by atoms with van der Waals surface area (Å²) in [6, 6.07) is 11.7. The van der Waals surface area contributed by atoms with E-state index in [1.807, 2.05) is 24.3 Å². The average molecular weight is 483 g/mol. The third kappa shape index (κ3) is 4.63. The number of morpholine rings is 1. The minimum Gasteiger partial charge on any atom is -0.489 e. The van der Waals surface area contributed by atoms with Crippen LogP contribution in [0.4, 0.5) is 0 Å². The number of imide groups is 1. The summed E-state index contributed by atoms with van der Waals surface area (Å²) in [5, 5.41) is 0.537. The first-order valence-corrected chi connectivity index (χ1v) is 11.6. The van der Waals surface area contributed by atoms with Crippen LogP contribution in [0, 0.1) is 0 Å². The van der Waals surface area contributed by atoms with Crippen LogP contribution in [0.25, 0.3) is 0 Å². The van der Waals surface area contributed by atoms with Gasteiger partial charge in [-0.1, -0.05) is 35.5 Å². The highest BCUT2D eigenvalue weighted by Crippen LogP contribution is 2.40. The molecule has 1 N–H and O–H groups in total. The first-order valence-electron chi connectivity index (χ1n) is 11.6. The van der Waals surface area contributed by atoms with Crippen molar-refractivity contribution in [2.75, 3.05) is 19.8 Å². The number of carbonyl (C=O) groups excluding carboxylic acids is 4. The highest BCUT2D eigenvalue weighted by Gasteiger charge is 2.48. The number of nitrogens with one attached hydrogen (secondary N) is 1. The number of hydrogen-bond acceptors (Lipinski definition) is 6. The Balaban J connectivity index is 1.27. The van der Waals surface area contributed by atoms with Gasteiger partial charge in [0.25, 0.3) is 5.91 Å². The Morgan fingerprint density at radius 1 is 1.06 bits per heavy atom. The molecule has 3 aliphatic heterocycles. The van der Waals surface area contributed by atoms with Gasteiger partial charge in [-0.3, -0.25) is 24.5 Å². The molecule has 2 aromatic carbocycles. The van der Waals surface area contributed by atoms with E-state index in [0.29, 0.717) is 36.6 Å². The van der Waals surface area contributed by atoms with Crippen molar-refractivity contribution in [2.45, 2.75) is 37.4 Å². The van der Waals surface area contributed by atoms with E-state index in [0.717, 1.165) is 11.1 Å². The number of carbonyl (C=O) groups is 4. The molecule has 2 saturated heterocycles. The van der Waals surface area contributed by atoms with Gasteiger partial charge in [0.05, 0.1) is 28.8 Å². The molecule has 180 valence electrons. The zero-order valence-electron chi connectivity index (χ0n) is 19.6. The fourth-order valence-corrected chi connectivity index (χ4v) is 4.81. The van der Waals surface area contributed by atoms with Gasteiger partial charge in [-0.2, -0.15) is 0 Å². The molecule has 0 aliphatic carbocycles. The van der Waals surface area contributed by atoms with Crippen molar-refractivity contribution in [3.05, 3.63) is 64.7 Å². The molecular weight excluding hydrogens is 460 g/mol. The minimum absolute atomic E-state index is 0.0194. The smallest absolute Gasteiger partial charge is 0.255 e. The maximum absolute atomic E-state index is 13.1. The van der Waals surface area contributed by atoms with Crippen LogP contribution in [-0.4, -0.2) is 74.9 Å². The maximum Gasteiger partial charge on any atom is 0.255 e. The van der Waals surface area contributed by atoms with Gasteiger partial charge < -0.3 is 19.3 Å². The van der Waals surface area contributed by atoms with Crippen LogP contribution in [0.1, 0.15) is 33.5 Å². The summed E-state index contributed by atoms with van der Waals surface area (Å²) in [5.74, 6) is -1.17. The van der Waals surface area contributed by atoms with Crippen molar-refractivity contribution >= 4 is 39.3 Å². The third-order valence-corrected chi connectivity index (χ3v) is 6.63. The standard InChI is InChI=1S/C25H23B2N3O6/c26-25(27)10-20(31)28-23(33)22(25)30-12-18-17(24(30)34)2-1-3-19(18)36-13-16-6-4-15(5-7-16)11-29-8-9-35-14-21(29)32/h1-7,22H,8-14H2,(H,28,31,33). The zero-order valence-corrected chi connectivity index (χ0v) is 19.6. The summed E-state index contributed by atoms with van der Waals surface area (Å²) >= 11 is 0. The number of amides is 4. The fourth-order valence-electron chi connectivity index (χ4n) is 4.81. The molecule has 3 heterocycles. The van der Waals surface area contributed by atoms with Gasteiger partial charge in [-0.25, -0.2) is 0 Å². The monoisotopic (exact) mass is 483 g/mol. The van der Waals surface area contributed by atoms with E-state index in [2.05, 4.69) is 5.32 Å². The predicted molar refractivity (Wildman–Crippen MR) is 129 cm³/mol. The molecule has 0 saturated carbocycles. The van der Waals surface area contributed by atoms with E-state index in [1.54, 1.807) is 23.1 Å². The number of nitrogens with zero attached hydrogens (tertiary/aromatic N) is 2. The minimum atomic E-state index is -1.67. The summed E-state index contributed by atoms with van der Waals surface area (Å²) in [5.41, 5.74) is 2.95. The van der Waals surface area contributed by atoms with Crippen molar-refractivity contribution in [1.29, 1.82) is 0 Å². The fraction of sp³-hybridized carbons (Fsp3) is 0.360. The van der Waals surface area contributed by atoms with Gasteiger partial charge >= 0.3 is 0 Å². The highest BCUT2D eigenvalue weighted by atomic mass is 16.5. The van der Waals surface area contributed by atoms with E-state index >= 15 is 0 Å². The van der Waals surface area contributed by atoms with E-state index in [9.17, 15) is 19.2 Å². The van der Waals surface area contributed by atoms with Gasteiger partial charge in [0.1, 0.15) is 25.0 Å². The summed E-state index contributed by atoms with van der Waals surface area (Å²) in [7, 11) is 12.1. The van der Waals surface area contributed by atoms with E-state index < -0.39 is 29.0 Å². The number of piperidine rings is 1. The lowest BCUT2D eigenvalue weighted by atomic mass is 9.47. The molecule has 4 amide bonds. The molecule has 9 nitrogen and oxygen atoms in total. The summed E-state index contributed by atoms with van der Waals surface area (Å²) in [6.45, 7) is 2.11. The second-order valence-electron chi connectivity index (χ2n) is 9.29. The molecule has 5 rings (SSSR count). The maximum atomic E-state index is 13.1. The van der Waals surface area contributed by atoms with Gasteiger partial charge in [-0.05, 0) is 23.3 Å². The molecule has 1 unspecified atom stereocenters. The molecule has 3 aliphatic rings. The van der Waals surface area contributed by atoms with Crippen molar-refractivity contribution in [1.82, 2.24) is 15.1 Å². The molecule has 1 atom stereocenters. The number of hydrogen-bond donors (Lipinski definition) is 1. The lowest BCUT2D eigenvalue weighted by molar-refractivity contribution is -0.143. The number of rotatable bonds is 6. The molecule has 4 radical (unpaired) electrons. The van der Waals surface area contributed by atoms with Gasteiger partial charge in [-0.15, -0.1) is 0 Å². The van der Waals surface area contributed by atoms with Crippen molar-refractivity contribution in [2.24, 2.45) is 0 Å². The largest absolute Gasteiger partial charge is 0.489 e. The van der Waals surface area contributed by atoms with Gasteiger partial charge in [0, 0.05) is 30.6 Å². The summed E-state index contributed by atoms with van der Waals surface area (Å²) < 4.78 is 11.2. The summed E-state index contributed by atoms with van der Waals surface area (Å²) in [4.78, 5) is 52.4. The zero-order chi connectivity index (χ0) is 25.4. The van der Waals surface area contributed by atoms with Gasteiger partial charge in [0.15, 0.2) is 0 Å². The molecule has 2 aromatic rings. The Labute approximate surface area is 210 Å². The van der Waals surface area contributed by atoms with Crippen LogP contribution in [0.15, 0.2) is 42.5 Å². The van der Waals surface area contributed by atoms with Crippen LogP contribution in [0.5, 0.6) is 5.75 Å². The van der Waals surface area contributed by atoms with E-state index in [4.69, 9.17) is 25.2 Å². The van der Waals surface area contributed by atoms with Crippen molar-refractivity contribution in [3.8, 4) is 5.75 Å². The summed E-state index contributed by atoms with van der Waals surface area (Å²) in [6.07, 6.45) is -0.275. The molecule has 2 fully saturated rings. The topological polar surface area (TPSA) is 105 Å². The first-order chi connectivity index (χ1) is 17.2. The van der Waals surface area contributed by atoms with Crippen LogP contribution in [0.2, 0.25) is 5.21 Å². The Bertz CT molecular complexity index is 1230. The number of benzene rings is 2. The molecule has 36 heavy (non-hydrogen) atoms. The lowest BCUT2D eigenvalue weighted by Crippen LogP contribution is -2.60. The second-order valence-corrected chi connectivity index (χ2v) is 9.29. The Morgan fingerprint density at radius 2 is 1.81 bits per heavy atom. The molecule has 11 heteroatoms. The number of fused-ring (bicyclic) bond motifs is 1. The average Bonchev–Trinajstić information content (AvgIpc) is 3.15. The normalized spacial score (nSPS) is 21.4. The second kappa shape index (κ2) is 9.46. The number of ether oxygens (including phenoxy) is 2. The SMILES string of the molecule is [B]C1([B])CC(=O)NC(=O)C1N1Cc2c(OCc3ccc(CN4CCOCC4=O)cc3)cccc2C1=O. The molecule has 0 spiro atoms. The van der Waals surface area contributed by atoms with E-state index in [-0.39, 0.29) is 32.1 Å². The highest BCUT2D eigenvalue weighted by molar-refractivity contribution is 6.44. The Morgan fingerprint density at radius 3 is 2.53 bits per heavy atom. The Hall–Kier alpha value is -3.59. The predicted octanol–water partition coefficient (Wildman–Crippen LogP) is 0.448. The quantitative estimate of drug-likeness (QED) is 0.473. The van der Waals surface area contributed by atoms with Crippen molar-refractivity contribution in [3.63, 3.8) is 0 Å². The van der Waals surface area contributed by atoms with Crippen molar-refractivity contribution < 1.29 is 28.7 Å². The first kappa shape index (κ1) is 24.1. The van der Waals surface area contributed by atoms with E-state index in [1.165, 1.54) is 4.90 Å². The molecular formula is C25H23B2N3O6.